The van der Waals surface area contributed by atoms with E-state index in [0.29, 0.717) is 6.61 Å². The lowest BCUT2D eigenvalue weighted by molar-refractivity contribution is -0.101. The lowest BCUT2D eigenvalue weighted by Crippen LogP contribution is -2.42. The first-order valence-corrected chi connectivity index (χ1v) is 12.1. The smallest absolute Gasteiger partial charge is 0.114 e. The SMILES string of the molecule is CC/C=C/CCCCCCCCCCCCCCO[C@H](CO)[C@H]1OC[C@H](O)[C@H]1O. The van der Waals surface area contributed by atoms with Crippen LogP contribution < -0.4 is 0 Å². The fourth-order valence-electron chi connectivity index (χ4n) is 3.86. The molecule has 29 heavy (non-hydrogen) atoms. The molecule has 4 atom stereocenters. The van der Waals surface area contributed by atoms with Gasteiger partial charge in [-0.3, -0.25) is 0 Å². The molecular weight excluding hydrogens is 368 g/mol. The van der Waals surface area contributed by atoms with Crippen LogP contribution >= 0.6 is 0 Å². The molecule has 0 radical (unpaired) electrons. The van der Waals surface area contributed by atoms with Gasteiger partial charge >= 0.3 is 0 Å². The maximum absolute atomic E-state index is 9.83. The molecule has 3 N–H and O–H groups in total. The van der Waals surface area contributed by atoms with Crippen LogP contribution in [0.5, 0.6) is 0 Å². The molecule has 1 rings (SSSR count). The van der Waals surface area contributed by atoms with Crippen LogP contribution in [0.1, 0.15) is 96.8 Å². The van der Waals surface area contributed by atoms with Gasteiger partial charge in [-0.1, -0.05) is 83.3 Å². The molecule has 0 unspecified atom stereocenters. The molecule has 0 aliphatic carbocycles. The van der Waals surface area contributed by atoms with Crippen LogP contribution in [0.3, 0.4) is 0 Å². The quantitative estimate of drug-likeness (QED) is 0.214. The van der Waals surface area contributed by atoms with Gasteiger partial charge in [0.15, 0.2) is 0 Å². The molecule has 1 aliphatic rings. The third-order valence-electron chi connectivity index (χ3n) is 5.74. The molecule has 1 heterocycles. The molecule has 0 aromatic rings. The van der Waals surface area contributed by atoms with Crippen molar-refractivity contribution < 1.29 is 24.8 Å². The highest BCUT2D eigenvalue weighted by molar-refractivity contribution is 4.88. The van der Waals surface area contributed by atoms with Crippen LogP contribution in [0.25, 0.3) is 0 Å². The molecule has 0 amide bonds. The third-order valence-corrected chi connectivity index (χ3v) is 5.74. The van der Waals surface area contributed by atoms with E-state index in [2.05, 4.69) is 19.1 Å². The number of ether oxygens (including phenoxy) is 2. The van der Waals surface area contributed by atoms with E-state index in [1.54, 1.807) is 0 Å². The van der Waals surface area contributed by atoms with Crippen molar-refractivity contribution in [1.29, 1.82) is 0 Å². The number of aliphatic hydroxyl groups excluding tert-OH is 3. The van der Waals surface area contributed by atoms with Gasteiger partial charge in [0.2, 0.25) is 0 Å². The first-order chi connectivity index (χ1) is 14.2. The zero-order valence-corrected chi connectivity index (χ0v) is 18.6. The summed E-state index contributed by atoms with van der Waals surface area (Å²) in [5.41, 5.74) is 0. The van der Waals surface area contributed by atoms with Crippen molar-refractivity contribution in [3.8, 4) is 0 Å². The topological polar surface area (TPSA) is 79.2 Å². The Hall–Kier alpha value is -0.460. The van der Waals surface area contributed by atoms with Crippen LogP contribution in [-0.2, 0) is 9.47 Å². The lowest BCUT2D eigenvalue weighted by atomic mass is 10.0. The number of rotatable bonds is 19. The third kappa shape index (κ3) is 12.7. The zero-order chi connectivity index (χ0) is 21.2. The molecule has 0 aromatic heterocycles. The Morgan fingerprint density at radius 3 is 1.90 bits per heavy atom. The lowest BCUT2D eigenvalue weighted by Gasteiger charge is -2.24. The predicted molar refractivity (Wildman–Crippen MR) is 118 cm³/mol. The first kappa shape index (κ1) is 26.6. The fraction of sp³-hybridized carbons (Fsp3) is 0.917. The molecule has 0 spiro atoms. The van der Waals surface area contributed by atoms with E-state index in [0.717, 1.165) is 19.3 Å². The maximum Gasteiger partial charge on any atom is 0.114 e. The first-order valence-electron chi connectivity index (χ1n) is 12.1. The highest BCUT2D eigenvalue weighted by atomic mass is 16.6. The average molecular weight is 415 g/mol. The molecule has 1 aliphatic heterocycles. The van der Waals surface area contributed by atoms with Crippen LogP contribution in [0, 0.1) is 0 Å². The summed E-state index contributed by atoms with van der Waals surface area (Å²) < 4.78 is 11.0. The second-order valence-electron chi connectivity index (χ2n) is 8.36. The summed E-state index contributed by atoms with van der Waals surface area (Å²) >= 11 is 0. The van der Waals surface area contributed by atoms with Gasteiger partial charge in [-0.05, 0) is 25.7 Å². The standard InChI is InChI=1S/C24H46O5/c1-2-3-4-5-6-7-8-9-10-11-12-13-14-15-16-17-18-28-22(19-25)24-23(27)21(26)20-29-24/h3-4,21-27H,2,5-20H2,1H3/b4-3+/t21-,22+,23+,24+/m0/s1. The molecular formula is C24H46O5. The van der Waals surface area contributed by atoms with E-state index in [1.165, 1.54) is 70.6 Å². The fourth-order valence-corrected chi connectivity index (χ4v) is 3.86. The van der Waals surface area contributed by atoms with Crippen molar-refractivity contribution in [2.24, 2.45) is 0 Å². The van der Waals surface area contributed by atoms with Crippen LogP contribution in [-0.4, -0.2) is 59.6 Å². The van der Waals surface area contributed by atoms with Gasteiger partial charge in [0.05, 0.1) is 13.2 Å². The van der Waals surface area contributed by atoms with Crippen molar-refractivity contribution in [3.05, 3.63) is 12.2 Å². The zero-order valence-electron chi connectivity index (χ0n) is 18.6. The monoisotopic (exact) mass is 414 g/mol. The summed E-state index contributed by atoms with van der Waals surface area (Å²) in [7, 11) is 0. The maximum atomic E-state index is 9.83. The molecule has 0 bridgehead atoms. The largest absolute Gasteiger partial charge is 0.394 e. The Balaban J connectivity index is 1.82. The normalized spacial score (nSPS) is 23.2. The predicted octanol–water partition coefficient (Wildman–Crippen LogP) is 4.52. The van der Waals surface area contributed by atoms with Gasteiger partial charge in [-0.2, -0.15) is 0 Å². The van der Waals surface area contributed by atoms with Crippen LogP contribution in [0.2, 0.25) is 0 Å². The Kier molecular flexibility index (Phi) is 16.8. The van der Waals surface area contributed by atoms with E-state index >= 15 is 0 Å². The molecule has 5 heteroatoms. The minimum atomic E-state index is -0.977. The van der Waals surface area contributed by atoms with Crippen molar-refractivity contribution in [2.75, 3.05) is 19.8 Å². The molecule has 0 saturated carbocycles. The van der Waals surface area contributed by atoms with Gasteiger partial charge < -0.3 is 24.8 Å². The summed E-state index contributed by atoms with van der Waals surface area (Å²) in [5.74, 6) is 0. The van der Waals surface area contributed by atoms with E-state index in [4.69, 9.17) is 9.47 Å². The average Bonchev–Trinajstić information content (AvgIpc) is 3.06. The molecule has 172 valence electrons. The Morgan fingerprint density at radius 1 is 0.862 bits per heavy atom. The van der Waals surface area contributed by atoms with Crippen molar-refractivity contribution >= 4 is 0 Å². The summed E-state index contributed by atoms with van der Waals surface area (Å²) in [6, 6.07) is 0. The van der Waals surface area contributed by atoms with Crippen molar-refractivity contribution in [2.45, 2.75) is 121 Å². The Bertz CT molecular complexity index is 387. The summed E-state index contributed by atoms with van der Waals surface area (Å²) in [6.45, 7) is 2.64. The van der Waals surface area contributed by atoms with Crippen LogP contribution in [0.15, 0.2) is 12.2 Å². The Labute approximate surface area is 178 Å². The van der Waals surface area contributed by atoms with Crippen molar-refractivity contribution in [3.63, 3.8) is 0 Å². The van der Waals surface area contributed by atoms with E-state index < -0.39 is 24.4 Å². The molecule has 5 nitrogen and oxygen atoms in total. The molecule has 1 fully saturated rings. The van der Waals surface area contributed by atoms with E-state index in [-0.39, 0.29) is 13.2 Å². The van der Waals surface area contributed by atoms with Gasteiger partial charge in [-0.15, -0.1) is 0 Å². The van der Waals surface area contributed by atoms with E-state index in [9.17, 15) is 15.3 Å². The molecule has 0 aromatic carbocycles. The molecule has 1 saturated heterocycles. The summed E-state index contributed by atoms with van der Waals surface area (Å²) in [6.07, 6.45) is 19.4. The van der Waals surface area contributed by atoms with E-state index in [1.807, 2.05) is 0 Å². The number of unbranched alkanes of at least 4 members (excludes halogenated alkanes) is 12. The number of allylic oxidation sites excluding steroid dienone is 2. The second kappa shape index (κ2) is 18.3. The summed E-state index contributed by atoms with van der Waals surface area (Å²) in [5, 5.41) is 28.8. The highest BCUT2D eigenvalue weighted by Gasteiger charge is 2.40. The number of aliphatic hydroxyl groups is 3. The summed E-state index contributed by atoms with van der Waals surface area (Å²) in [4.78, 5) is 0. The number of hydrogen-bond acceptors (Lipinski definition) is 5. The van der Waals surface area contributed by atoms with Gasteiger partial charge in [0, 0.05) is 6.61 Å². The highest BCUT2D eigenvalue weighted by Crippen LogP contribution is 2.20. The number of hydrogen-bond donors (Lipinski definition) is 3. The second-order valence-corrected chi connectivity index (χ2v) is 8.36. The van der Waals surface area contributed by atoms with Crippen molar-refractivity contribution in [1.82, 2.24) is 0 Å². The minimum absolute atomic E-state index is 0.0995. The van der Waals surface area contributed by atoms with Gasteiger partial charge in [0.25, 0.3) is 0 Å². The Morgan fingerprint density at radius 2 is 1.41 bits per heavy atom. The van der Waals surface area contributed by atoms with Gasteiger partial charge in [-0.25, -0.2) is 0 Å². The van der Waals surface area contributed by atoms with Gasteiger partial charge in [0.1, 0.15) is 24.4 Å². The minimum Gasteiger partial charge on any atom is -0.394 e. The van der Waals surface area contributed by atoms with Crippen LogP contribution in [0.4, 0.5) is 0 Å².